The summed E-state index contributed by atoms with van der Waals surface area (Å²) in [7, 11) is 0. The Hall–Kier alpha value is -1.83. The molecule has 0 heterocycles. The smallest absolute Gasteiger partial charge is 0.226 e. The molecule has 0 aromatic heterocycles. The Balaban J connectivity index is 2.59. The van der Waals surface area contributed by atoms with Gasteiger partial charge in [-0.15, -0.1) is 0 Å². The first-order chi connectivity index (χ1) is 6.77. The molecule has 69 valence electrons. The first-order valence-corrected chi connectivity index (χ1v) is 4.39. The van der Waals surface area contributed by atoms with E-state index >= 15 is 0 Å². The zero-order chi connectivity index (χ0) is 9.97. The van der Waals surface area contributed by atoms with Crippen LogP contribution in [0.4, 0.5) is 0 Å². The number of fused-ring (bicyclic) bond motifs is 1. The molecule has 2 aromatic carbocycles. The predicted molar refractivity (Wildman–Crippen MR) is 56.5 cm³/mol. The van der Waals surface area contributed by atoms with E-state index in [1.54, 1.807) is 0 Å². The highest BCUT2D eigenvalue weighted by Crippen LogP contribution is 2.19. The minimum Gasteiger partial charge on any atom is -0.369 e. The van der Waals surface area contributed by atoms with E-state index in [2.05, 4.69) is 0 Å². The fourth-order valence-electron chi connectivity index (χ4n) is 1.53. The molecule has 0 atom stereocenters. The van der Waals surface area contributed by atoms with Crippen molar-refractivity contribution in [2.45, 2.75) is 0 Å². The average Bonchev–Trinajstić information content (AvgIpc) is 2.18. The van der Waals surface area contributed by atoms with Gasteiger partial charge in [0, 0.05) is 0 Å². The summed E-state index contributed by atoms with van der Waals surface area (Å²) in [6.45, 7) is 0. The third-order valence-corrected chi connectivity index (χ3v) is 2.12. The van der Waals surface area contributed by atoms with Gasteiger partial charge in [-0.25, -0.2) is 0 Å². The monoisotopic (exact) mass is 184 g/mol. The van der Waals surface area contributed by atoms with Gasteiger partial charge < -0.3 is 5.73 Å². The molecule has 1 amide bonds. The zero-order valence-corrected chi connectivity index (χ0v) is 7.60. The van der Waals surface area contributed by atoms with E-state index in [0.29, 0.717) is 0 Å². The van der Waals surface area contributed by atoms with Crippen LogP contribution < -0.4 is 5.73 Å². The summed E-state index contributed by atoms with van der Waals surface area (Å²) in [4.78, 5) is 10.8. The summed E-state index contributed by atoms with van der Waals surface area (Å²) in [6, 6.07) is 13.7. The van der Waals surface area contributed by atoms with Gasteiger partial charge in [0.15, 0.2) is 0 Å². The summed E-state index contributed by atoms with van der Waals surface area (Å²) in [5, 5.41) is 2.16. The maximum Gasteiger partial charge on any atom is 0.226 e. The Bertz CT molecular complexity index is 471. The van der Waals surface area contributed by atoms with E-state index in [9.17, 15) is 4.79 Å². The molecular weight excluding hydrogens is 174 g/mol. The number of benzene rings is 2. The molecule has 0 aliphatic carbocycles. The Morgan fingerprint density at radius 1 is 1.07 bits per heavy atom. The van der Waals surface area contributed by atoms with E-state index in [1.165, 1.54) is 6.42 Å². The van der Waals surface area contributed by atoms with Crippen molar-refractivity contribution in [3.05, 3.63) is 54.4 Å². The van der Waals surface area contributed by atoms with Crippen LogP contribution in [-0.4, -0.2) is 5.91 Å². The van der Waals surface area contributed by atoms with Crippen molar-refractivity contribution in [1.82, 2.24) is 0 Å². The van der Waals surface area contributed by atoms with Crippen molar-refractivity contribution in [3.63, 3.8) is 0 Å². The maximum absolute atomic E-state index is 10.8. The first kappa shape index (κ1) is 8.75. The SMILES string of the molecule is NC(=O)[CH]c1cccc2ccccc12. The fraction of sp³-hybridized carbons (Fsp3) is 0. The maximum atomic E-state index is 10.8. The molecule has 1 radical (unpaired) electrons. The van der Waals surface area contributed by atoms with Gasteiger partial charge in [0.25, 0.3) is 0 Å². The molecule has 14 heavy (non-hydrogen) atoms. The molecule has 2 N–H and O–H groups in total. The first-order valence-electron chi connectivity index (χ1n) is 4.39. The number of amides is 1. The summed E-state index contributed by atoms with van der Waals surface area (Å²) in [6.07, 6.45) is 1.45. The van der Waals surface area contributed by atoms with Crippen LogP contribution in [0, 0.1) is 6.42 Å². The van der Waals surface area contributed by atoms with Gasteiger partial charge in [-0.2, -0.15) is 0 Å². The number of hydrogen-bond acceptors (Lipinski definition) is 1. The number of primary amides is 1. The highest BCUT2D eigenvalue weighted by atomic mass is 16.1. The Morgan fingerprint density at radius 3 is 2.57 bits per heavy atom. The molecular formula is C12H10NO. The van der Waals surface area contributed by atoms with Crippen molar-refractivity contribution in [1.29, 1.82) is 0 Å². The van der Waals surface area contributed by atoms with Gasteiger partial charge >= 0.3 is 0 Å². The second-order valence-electron chi connectivity index (χ2n) is 3.12. The minimum absolute atomic E-state index is 0.415. The second-order valence-corrected chi connectivity index (χ2v) is 3.12. The van der Waals surface area contributed by atoms with Gasteiger partial charge in [0.2, 0.25) is 5.91 Å². The number of carbonyl (C=O) groups excluding carboxylic acids is 1. The highest BCUT2D eigenvalue weighted by molar-refractivity contribution is 5.95. The van der Waals surface area contributed by atoms with Crippen molar-refractivity contribution >= 4 is 16.7 Å². The highest BCUT2D eigenvalue weighted by Gasteiger charge is 2.03. The lowest BCUT2D eigenvalue weighted by molar-refractivity contribution is -0.114. The Labute approximate surface area is 82.3 Å². The molecule has 0 aliphatic heterocycles. The topological polar surface area (TPSA) is 43.1 Å². The molecule has 2 heteroatoms. The average molecular weight is 184 g/mol. The van der Waals surface area contributed by atoms with E-state index in [1.807, 2.05) is 42.5 Å². The minimum atomic E-state index is -0.415. The van der Waals surface area contributed by atoms with Gasteiger partial charge in [-0.05, 0) is 16.3 Å². The standard InChI is InChI=1S/C12H10NO/c13-12(14)8-10-6-3-5-9-4-1-2-7-11(9)10/h1-8H,(H2,13,14). The molecule has 0 bridgehead atoms. The largest absolute Gasteiger partial charge is 0.369 e. The lowest BCUT2D eigenvalue weighted by Gasteiger charge is -2.03. The van der Waals surface area contributed by atoms with E-state index in [-0.39, 0.29) is 0 Å². The molecule has 2 aromatic rings. The quantitative estimate of drug-likeness (QED) is 0.760. The molecule has 2 nitrogen and oxygen atoms in total. The summed E-state index contributed by atoms with van der Waals surface area (Å²) >= 11 is 0. The number of nitrogens with two attached hydrogens (primary N) is 1. The van der Waals surface area contributed by atoms with Crippen LogP contribution in [0.2, 0.25) is 0 Å². The third-order valence-electron chi connectivity index (χ3n) is 2.12. The van der Waals surface area contributed by atoms with Crippen LogP contribution in [0.5, 0.6) is 0 Å². The van der Waals surface area contributed by atoms with Crippen LogP contribution in [0.25, 0.3) is 10.8 Å². The van der Waals surface area contributed by atoms with E-state index in [4.69, 9.17) is 5.73 Å². The number of hydrogen-bond donors (Lipinski definition) is 1. The third kappa shape index (κ3) is 1.59. The van der Waals surface area contributed by atoms with Crippen molar-refractivity contribution in [2.24, 2.45) is 5.73 Å². The Kier molecular flexibility index (Phi) is 2.19. The molecule has 0 saturated heterocycles. The molecule has 0 fully saturated rings. The number of rotatable bonds is 2. The fourth-order valence-corrected chi connectivity index (χ4v) is 1.53. The molecule has 0 spiro atoms. The summed E-state index contributed by atoms with van der Waals surface area (Å²) in [5.74, 6) is -0.415. The number of carbonyl (C=O) groups is 1. The molecule has 0 saturated carbocycles. The van der Waals surface area contributed by atoms with Crippen LogP contribution in [-0.2, 0) is 4.79 Å². The molecule has 0 unspecified atom stereocenters. The van der Waals surface area contributed by atoms with Crippen molar-refractivity contribution in [3.8, 4) is 0 Å². The zero-order valence-electron chi connectivity index (χ0n) is 7.60. The predicted octanol–water partition coefficient (Wildman–Crippen LogP) is 1.88. The van der Waals surface area contributed by atoms with Crippen LogP contribution in [0.3, 0.4) is 0 Å². The van der Waals surface area contributed by atoms with Gasteiger partial charge in [-0.1, -0.05) is 42.5 Å². The van der Waals surface area contributed by atoms with Crippen molar-refractivity contribution in [2.75, 3.05) is 0 Å². The van der Waals surface area contributed by atoms with Gasteiger partial charge in [-0.3, -0.25) is 4.79 Å². The van der Waals surface area contributed by atoms with Crippen molar-refractivity contribution < 1.29 is 4.79 Å². The summed E-state index contributed by atoms with van der Waals surface area (Å²) in [5.41, 5.74) is 5.99. The Morgan fingerprint density at radius 2 is 1.79 bits per heavy atom. The normalized spacial score (nSPS) is 10.3. The summed E-state index contributed by atoms with van der Waals surface area (Å²) < 4.78 is 0. The lowest BCUT2D eigenvalue weighted by atomic mass is 10.0. The second kappa shape index (κ2) is 3.50. The lowest BCUT2D eigenvalue weighted by Crippen LogP contribution is -2.11. The van der Waals surface area contributed by atoms with Crippen LogP contribution >= 0.6 is 0 Å². The molecule has 0 aliphatic rings. The van der Waals surface area contributed by atoms with Crippen LogP contribution in [0.15, 0.2) is 42.5 Å². The van der Waals surface area contributed by atoms with Gasteiger partial charge in [0.05, 0.1) is 6.42 Å². The van der Waals surface area contributed by atoms with E-state index in [0.717, 1.165) is 16.3 Å². The van der Waals surface area contributed by atoms with Crippen LogP contribution in [0.1, 0.15) is 5.56 Å². The van der Waals surface area contributed by atoms with E-state index < -0.39 is 5.91 Å². The van der Waals surface area contributed by atoms with Gasteiger partial charge in [0.1, 0.15) is 0 Å². The molecule has 2 rings (SSSR count).